The number of halogens is 1. The smallest absolute Gasteiger partial charge is 0.0991 e. The van der Waals surface area contributed by atoms with E-state index >= 15 is 0 Å². The highest BCUT2D eigenvalue weighted by Gasteiger charge is 2.08. The first-order chi connectivity index (χ1) is 9.30. The van der Waals surface area contributed by atoms with Crippen LogP contribution in [0.15, 0.2) is 24.4 Å². The summed E-state index contributed by atoms with van der Waals surface area (Å²) < 4.78 is 2.30. The Morgan fingerprint density at radius 2 is 2.16 bits per heavy atom. The predicted molar refractivity (Wildman–Crippen MR) is 80.6 cm³/mol. The zero-order valence-electron chi connectivity index (χ0n) is 11.3. The van der Waals surface area contributed by atoms with Gasteiger partial charge in [0, 0.05) is 29.5 Å². The Hall–Kier alpha value is -1.46. The van der Waals surface area contributed by atoms with Gasteiger partial charge in [-0.3, -0.25) is 0 Å². The first kappa shape index (κ1) is 14.0. The number of alkyl halides is 1. The number of aromatic nitrogens is 1. The number of fused-ring (bicyclic) bond motifs is 1. The highest BCUT2D eigenvalue weighted by molar-refractivity contribution is 6.17. The quantitative estimate of drug-likeness (QED) is 0.564. The summed E-state index contributed by atoms with van der Waals surface area (Å²) >= 11 is 5.74. The van der Waals surface area contributed by atoms with Crippen molar-refractivity contribution in [3.05, 3.63) is 35.5 Å². The molecule has 0 N–H and O–H groups in total. The second-order valence-corrected chi connectivity index (χ2v) is 5.22. The van der Waals surface area contributed by atoms with Crippen molar-refractivity contribution >= 4 is 22.5 Å². The first-order valence-electron chi connectivity index (χ1n) is 6.88. The fourth-order valence-corrected chi connectivity index (χ4v) is 2.66. The van der Waals surface area contributed by atoms with Gasteiger partial charge in [0.15, 0.2) is 0 Å². The molecule has 0 aliphatic heterocycles. The number of hydrogen-bond acceptors (Lipinski definition) is 1. The molecule has 0 saturated carbocycles. The number of nitriles is 1. The van der Waals surface area contributed by atoms with E-state index in [1.165, 1.54) is 16.5 Å². The lowest BCUT2D eigenvalue weighted by atomic mass is 10.1. The zero-order valence-corrected chi connectivity index (χ0v) is 12.1. The van der Waals surface area contributed by atoms with Gasteiger partial charge >= 0.3 is 0 Å². The number of benzene rings is 1. The highest BCUT2D eigenvalue weighted by atomic mass is 35.5. The number of aryl methyl sites for hydroxylation is 2. The van der Waals surface area contributed by atoms with Crippen molar-refractivity contribution in [2.45, 2.75) is 39.2 Å². The molecule has 0 atom stereocenters. The standard InChI is InChI=1S/C16H19ClN2/c1-2-9-19-12-14(5-3-4-8-17)15-10-13(11-18)6-7-16(15)19/h6-7,10,12H,2-5,8-9H2,1H3. The Morgan fingerprint density at radius 3 is 2.84 bits per heavy atom. The predicted octanol–water partition coefficient (Wildman–Crippen LogP) is 4.48. The van der Waals surface area contributed by atoms with Crippen LogP contribution in [0.1, 0.15) is 37.3 Å². The van der Waals surface area contributed by atoms with Gasteiger partial charge in [-0.1, -0.05) is 6.92 Å². The molecular weight excluding hydrogens is 256 g/mol. The molecule has 19 heavy (non-hydrogen) atoms. The number of unbranched alkanes of at least 4 members (excludes halogenated alkanes) is 1. The molecule has 0 radical (unpaired) electrons. The average molecular weight is 275 g/mol. The molecule has 0 aliphatic rings. The maximum atomic E-state index is 9.04. The van der Waals surface area contributed by atoms with Gasteiger partial charge in [-0.25, -0.2) is 0 Å². The number of nitrogens with zero attached hydrogens (tertiary/aromatic N) is 2. The topological polar surface area (TPSA) is 28.7 Å². The third kappa shape index (κ3) is 3.11. The molecule has 1 aromatic carbocycles. The van der Waals surface area contributed by atoms with Crippen LogP contribution in [0.3, 0.4) is 0 Å². The van der Waals surface area contributed by atoms with Gasteiger partial charge in [0.05, 0.1) is 11.6 Å². The molecule has 0 fully saturated rings. The van der Waals surface area contributed by atoms with Gasteiger partial charge < -0.3 is 4.57 Å². The Kier molecular flexibility index (Phi) is 4.87. The molecule has 2 aromatic rings. The monoisotopic (exact) mass is 274 g/mol. The van der Waals surface area contributed by atoms with E-state index in [1.807, 2.05) is 12.1 Å². The molecule has 0 aliphatic carbocycles. The van der Waals surface area contributed by atoms with Crippen LogP contribution < -0.4 is 0 Å². The normalized spacial score (nSPS) is 10.8. The molecule has 0 spiro atoms. The summed E-state index contributed by atoms with van der Waals surface area (Å²) in [6.07, 6.45) is 6.54. The highest BCUT2D eigenvalue weighted by Crippen LogP contribution is 2.24. The van der Waals surface area contributed by atoms with Crippen LogP contribution >= 0.6 is 11.6 Å². The van der Waals surface area contributed by atoms with Crippen LogP contribution in [0.25, 0.3) is 10.9 Å². The van der Waals surface area contributed by atoms with Crippen LogP contribution in [0.2, 0.25) is 0 Å². The van der Waals surface area contributed by atoms with Gasteiger partial charge in [0.25, 0.3) is 0 Å². The van der Waals surface area contributed by atoms with Crippen molar-refractivity contribution in [3.8, 4) is 6.07 Å². The molecule has 2 rings (SSSR count). The molecule has 0 bridgehead atoms. The van der Waals surface area contributed by atoms with Gasteiger partial charge in [0.2, 0.25) is 0 Å². The van der Waals surface area contributed by atoms with E-state index in [9.17, 15) is 0 Å². The van der Waals surface area contributed by atoms with Crippen LogP contribution in [0.5, 0.6) is 0 Å². The van der Waals surface area contributed by atoms with E-state index in [0.717, 1.165) is 43.7 Å². The second kappa shape index (κ2) is 6.63. The second-order valence-electron chi connectivity index (χ2n) is 4.84. The molecule has 1 heterocycles. The largest absolute Gasteiger partial charge is 0.347 e. The third-order valence-corrected chi connectivity index (χ3v) is 3.65. The minimum atomic E-state index is 0.719. The van der Waals surface area contributed by atoms with Crippen LogP contribution in [-0.2, 0) is 13.0 Å². The molecule has 0 saturated heterocycles. The lowest BCUT2D eigenvalue weighted by Gasteiger charge is -2.01. The third-order valence-electron chi connectivity index (χ3n) is 3.39. The molecule has 1 aromatic heterocycles. The summed E-state index contributed by atoms with van der Waals surface area (Å²) in [5.74, 6) is 0.719. The van der Waals surface area contributed by atoms with E-state index in [-0.39, 0.29) is 0 Å². The summed E-state index contributed by atoms with van der Waals surface area (Å²) in [7, 11) is 0. The summed E-state index contributed by atoms with van der Waals surface area (Å²) in [6, 6.07) is 8.20. The van der Waals surface area contributed by atoms with Gasteiger partial charge in [0.1, 0.15) is 0 Å². The van der Waals surface area contributed by atoms with E-state index in [4.69, 9.17) is 16.9 Å². The van der Waals surface area contributed by atoms with E-state index in [1.54, 1.807) is 0 Å². The van der Waals surface area contributed by atoms with Crippen LogP contribution in [0, 0.1) is 11.3 Å². The summed E-state index contributed by atoms with van der Waals surface area (Å²) in [4.78, 5) is 0. The SMILES string of the molecule is CCCn1cc(CCCCCl)c2cc(C#N)ccc21. The van der Waals surface area contributed by atoms with Gasteiger partial charge in [-0.05, 0) is 49.4 Å². The molecule has 0 unspecified atom stereocenters. The lowest BCUT2D eigenvalue weighted by molar-refractivity contribution is 0.698. The summed E-state index contributed by atoms with van der Waals surface area (Å²) in [5, 5.41) is 10.3. The maximum absolute atomic E-state index is 9.04. The van der Waals surface area contributed by atoms with Crippen molar-refractivity contribution in [2.24, 2.45) is 0 Å². The van der Waals surface area contributed by atoms with Crippen molar-refractivity contribution in [1.82, 2.24) is 4.57 Å². The first-order valence-corrected chi connectivity index (χ1v) is 7.41. The van der Waals surface area contributed by atoms with Crippen LogP contribution in [-0.4, -0.2) is 10.4 Å². The number of hydrogen-bond donors (Lipinski definition) is 0. The maximum Gasteiger partial charge on any atom is 0.0991 e. The fraction of sp³-hybridized carbons (Fsp3) is 0.438. The molecule has 3 heteroatoms. The van der Waals surface area contributed by atoms with E-state index < -0.39 is 0 Å². The van der Waals surface area contributed by atoms with Gasteiger partial charge in [-0.15, -0.1) is 11.6 Å². The Bertz CT molecular complexity index is 593. The summed E-state index contributed by atoms with van der Waals surface area (Å²) in [6.45, 7) is 3.21. The molecule has 100 valence electrons. The Morgan fingerprint density at radius 1 is 1.32 bits per heavy atom. The van der Waals surface area contributed by atoms with Crippen molar-refractivity contribution in [1.29, 1.82) is 5.26 Å². The van der Waals surface area contributed by atoms with Crippen molar-refractivity contribution < 1.29 is 0 Å². The average Bonchev–Trinajstić information content (AvgIpc) is 2.77. The molecular formula is C16H19ClN2. The minimum Gasteiger partial charge on any atom is -0.347 e. The van der Waals surface area contributed by atoms with Gasteiger partial charge in [-0.2, -0.15) is 5.26 Å². The number of rotatable bonds is 6. The fourth-order valence-electron chi connectivity index (χ4n) is 2.48. The summed E-state index contributed by atoms with van der Waals surface area (Å²) in [5.41, 5.74) is 3.31. The van der Waals surface area contributed by atoms with Crippen molar-refractivity contribution in [3.63, 3.8) is 0 Å². The van der Waals surface area contributed by atoms with Crippen LogP contribution in [0.4, 0.5) is 0 Å². The Labute approximate surface area is 119 Å². The van der Waals surface area contributed by atoms with E-state index in [0.29, 0.717) is 0 Å². The minimum absolute atomic E-state index is 0.719. The zero-order chi connectivity index (χ0) is 13.7. The lowest BCUT2D eigenvalue weighted by Crippen LogP contribution is -1.93. The Balaban J connectivity index is 2.40. The molecule has 2 nitrogen and oxygen atoms in total. The van der Waals surface area contributed by atoms with Crippen molar-refractivity contribution in [2.75, 3.05) is 5.88 Å². The van der Waals surface area contributed by atoms with E-state index in [2.05, 4.69) is 29.8 Å². The molecule has 0 amide bonds.